The third-order valence-corrected chi connectivity index (χ3v) is 6.69. The smallest absolute Gasteiger partial charge is 0.339 e. The SMILES string of the molecule is Cc1c(C(OC(C)(C)C)C(=O)O)n(-c2ccc3c(c2)CCCO3)c(C)c(-c2ccc3nc[nH]c3c2)c1=O. The van der Waals surface area contributed by atoms with E-state index in [2.05, 4.69) is 9.97 Å². The second-order valence-electron chi connectivity index (χ2n) is 10.5. The number of nitrogens with zero attached hydrogens (tertiary/aromatic N) is 2. The lowest BCUT2D eigenvalue weighted by atomic mass is 9.96. The minimum atomic E-state index is -1.34. The van der Waals surface area contributed by atoms with Gasteiger partial charge in [0.15, 0.2) is 11.5 Å². The van der Waals surface area contributed by atoms with E-state index in [1.165, 1.54) is 0 Å². The van der Waals surface area contributed by atoms with Gasteiger partial charge in [0.25, 0.3) is 0 Å². The van der Waals surface area contributed by atoms with E-state index < -0.39 is 17.7 Å². The summed E-state index contributed by atoms with van der Waals surface area (Å²) in [6.45, 7) is 9.61. The maximum absolute atomic E-state index is 13.9. The van der Waals surface area contributed by atoms with E-state index in [9.17, 15) is 14.7 Å². The average Bonchev–Trinajstić information content (AvgIpc) is 3.32. The normalized spacial score (nSPS) is 14.3. The molecule has 0 spiro atoms. The Labute approximate surface area is 214 Å². The molecule has 0 radical (unpaired) electrons. The van der Waals surface area contributed by atoms with Gasteiger partial charge >= 0.3 is 5.97 Å². The first kappa shape index (κ1) is 24.8. The standard InChI is InChI=1S/C29H31N3O5/c1-16-25(27(28(34)35)37-29(3,4)5)32(20-9-11-23-18(13-20)7-6-12-36-23)17(2)24(26(16)33)19-8-10-21-22(14-19)31-15-30-21/h8-11,13-15,27H,6-7,12H2,1-5H3,(H,30,31)(H,34,35). The van der Waals surface area contributed by atoms with E-state index in [1.807, 2.05) is 47.9 Å². The number of benzene rings is 2. The highest BCUT2D eigenvalue weighted by Crippen LogP contribution is 2.35. The van der Waals surface area contributed by atoms with Gasteiger partial charge in [-0.05, 0) is 88.9 Å². The van der Waals surface area contributed by atoms with Gasteiger partial charge in [-0.15, -0.1) is 0 Å². The van der Waals surface area contributed by atoms with E-state index >= 15 is 0 Å². The zero-order valence-electron chi connectivity index (χ0n) is 21.7. The second-order valence-corrected chi connectivity index (χ2v) is 10.5. The first-order chi connectivity index (χ1) is 17.5. The van der Waals surface area contributed by atoms with Gasteiger partial charge in [0, 0.05) is 22.5 Å². The first-order valence-corrected chi connectivity index (χ1v) is 12.4. The van der Waals surface area contributed by atoms with Crippen molar-refractivity contribution < 1.29 is 19.4 Å². The number of carboxylic acid groups (broad SMARTS) is 1. The highest BCUT2D eigenvalue weighted by molar-refractivity contribution is 5.83. The predicted octanol–water partition coefficient (Wildman–Crippen LogP) is 5.26. The van der Waals surface area contributed by atoms with Crippen molar-refractivity contribution in [3.8, 4) is 22.6 Å². The Morgan fingerprint density at radius 2 is 1.97 bits per heavy atom. The number of nitrogens with one attached hydrogen (secondary N) is 1. The molecule has 2 aromatic carbocycles. The molecule has 1 aliphatic rings. The maximum atomic E-state index is 13.9. The fourth-order valence-electron chi connectivity index (χ4n) is 5.07. The molecule has 0 fully saturated rings. The van der Waals surface area contributed by atoms with Crippen molar-refractivity contribution >= 4 is 17.0 Å². The largest absolute Gasteiger partial charge is 0.493 e. The van der Waals surface area contributed by atoms with Crippen molar-refractivity contribution in [1.82, 2.24) is 14.5 Å². The second kappa shape index (κ2) is 9.19. The van der Waals surface area contributed by atoms with Crippen LogP contribution in [0.5, 0.6) is 5.75 Å². The lowest BCUT2D eigenvalue weighted by molar-refractivity contribution is -0.161. The van der Waals surface area contributed by atoms with Crippen molar-refractivity contribution in [2.75, 3.05) is 6.61 Å². The summed E-state index contributed by atoms with van der Waals surface area (Å²) in [6.07, 6.45) is 2.04. The molecule has 2 N–H and O–H groups in total. The summed E-state index contributed by atoms with van der Waals surface area (Å²) in [5.74, 6) is -0.323. The van der Waals surface area contributed by atoms with Crippen LogP contribution in [0.15, 0.2) is 47.5 Å². The summed E-state index contributed by atoms with van der Waals surface area (Å²) in [4.78, 5) is 33.8. The number of aromatic amines is 1. The van der Waals surface area contributed by atoms with Gasteiger partial charge in [0.1, 0.15) is 5.75 Å². The Morgan fingerprint density at radius 3 is 2.70 bits per heavy atom. The highest BCUT2D eigenvalue weighted by atomic mass is 16.5. The third kappa shape index (κ3) is 4.53. The zero-order chi connectivity index (χ0) is 26.5. The van der Waals surface area contributed by atoms with Crippen LogP contribution in [0.3, 0.4) is 0 Å². The van der Waals surface area contributed by atoms with Crippen LogP contribution in [0.1, 0.15) is 55.8 Å². The van der Waals surface area contributed by atoms with Gasteiger partial charge in [0.05, 0.1) is 35.3 Å². The molecule has 8 heteroatoms. The molecule has 2 aromatic heterocycles. The third-order valence-electron chi connectivity index (χ3n) is 6.69. The number of H-pyrrole nitrogens is 1. The fourth-order valence-corrected chi connectivity index (χ4v) is 5.07. The van der Waals surface area contributed by atoms with Crippen LogP contribution in [0.2, 0.25) is 0 Å². The van der Waals surface area contributed by atoms with Gasteiger partial charge in [-0.25, -0.2) is 9.78 Å². The molecule has 0 saturated heterocycles. The summed E-state index contributed by atoms with van der Waals surface area (Å²) in [7, 11) is 0. The van der Waals surface area contributed by atoms with Crippen molar-refractivity contribution in [3.05, 3.63) is 75.5 Å². The molecule has 0 bridgehead atoms. The molecule has 3 heterocycles. The molecular weight excluding hydrogens is 470 g/mol. The molecule has 1 unspecified atom stereocenters. The highest BCUT2D eigenvalue weighted by Gasteiger charge is 2.33. The predicted molar refractivity (Wildman–Crippen MR) is 142 cm³/mol. The van der Waals surface area contributed by atoms with Gasteiger partial charge in [-0.3, -0.25) is 4.79 Å². The molecule has 1 aliphatic heterocycles. The van der Waals surface area contributed by atoms with Crippen LogP contribution in [0.25, 0.3) is 27.8 Å². The summed E-state index contributed by atoms with van der Waals surface area (Å²) < 4.78 is 13.7. The number of rotatable bonds is 5. The number of carboxylic acids is 1. The Morgan fingerprint density at radius 1 is 1.19 bits per heavy atom. The number of hydrogen-bond donors (Lipinski definition) is 2. The Balaban J connectivity index is 1.83. The number of ether oxygens (including phenoxy) is 2. The van der Waals surface area contributed by atoms with Crippen LogP contribution >= 0.6 is 0 Å². The fraction of sp³-hybridized carbons (Fsp3) is 0.345. The molecule has 5 rings (SSSR count). The minimum Gasteiger partial charge on any atom is -0.493 e. The summed E-state index contributed by atoms with van der Waals surface area (Å²) >= 11 is 0. The van der Waals surface area contributed by atoms with Crippen LogP contribution in [0.4, 0.5) is 0 Å². The topological polar surface area (TPSA) is 106 Å². The zero-order valence-corrected chi connectivity index (χ0v) is 21.7. The molecule has 0 saturated carbocycles. The molecular formula is C29H31N3O5. The van der Waals surface area contributed by atoms with Crippen molar-refractivity contribution in [2.24, 2.45) is 0 Å². The molecule has 4 aromatic rings. The van der Waals surface area contributed by atoms with Crippen LogP contribution < -0.4 is 10.2 Å². The average molecular weight is 502 g/mol. The number of pyridine rings is 1. The number of carbonyl (C=O) groups is 1. The van der Waals surface area contributed by atoms with Crippen molar-refractivity contribution in [1.29, 1.82) is 0 Å². The maximum Gasteiger partial charge on any atom is 0.339 e. The van der Waals surface area contributed by atoms with Gasteiger partial charge in [0.2, 0.25) is 0 Å². The van der Waals surface area contributed by atoms with Crippen LogP contribution in [-0.4, -0.2) is 37.8 Å². The monoisotopic (exact) mass is 501 g/mol. The number of fused-ring (bicyclic) bond motifs is 2. The number of aliphatic carboxylic acids is 1. The molecule has 1 atom stereocenters. The quantitative estimate of drug-likeness (QED) is 0.386. The van der Waals surface area contributed by atoms with Crippen molar-refractivity contribution in [3.63, 3.8) is 0 Å². The minimum absolute atomic E-state index is 0.229. The number of aromatic nitrogens is 3. The van der Waals surface area contributed by atoms with Crippen LogP contribution in [0, 0.1) is 13.8 Å². The van der Waals surface area contributed by atoms with Crippen molar-refractivity contribution in [2.45, 2.75) is 59.2 Å². The Kier molecular flexibility index (Phi) is 6.15. The summed E-state index contributed by atoms with van der Waals surface area (Å²) in [6, 6.07) is 11.5. The molecule has 192 valence electrons. The number of hydrogen-bond acceptors (Lipinski definition) is 5. The van der Waals surface area contributed by atoms with Gasteiger partial charge in [-0.2, -0.15) is 0 Å². The number of aryl methyl sites for hydroxylation is 1. The Bertz CT molecular complexity index is 1580. The first-order valence-electron chi connectivity index (χ1n) is 12.4. The lowest BCUT2D eigenvalue weighted by Gasteiger charge is -2.30. The van der Waals surface area contributed by atoms with E-state index in [0.29, 0.717) is 29.1 Å². The lowest BCUT2D eigenvalue weighted by Crippen LogP contribution is -2.33. The molecule has 37 heavy (non-hydrogen) atoms. The summed E-state index contributed by atoms with van der Waals surface area (Å²) in [5.41, 5.74) is 4.95. The molecule has 8 nitrogen and oxygen atoms in total. The summed E-state index contributed by atoms with van der Waals surface area (Å²) in [5, 5.41) is 10.3. The van der Waals surface area contributed by atoms with Gasteiger partial charge < -0.3 is 24.1 Å². The molecule has 0 amide bonds. The van der Waals surface area contributed by atoms with Gasteiger partial charge in [-0.1, -0.05) is 6.07 Å². The van der Waals surface area contributed by atoms with E-state index in [0.717, 1.165) is 46.4 Å². The van der Waals surface area contributed by atoms with E-state index in [4.69, 9.17) is 9.47 Å². The number of imidazole rings is 1. The van der Waals surface area contributed by atoms with E-state index in [1.54, 1.807) is 34.0 Å². The molecule has 0 aliphatic carbocycles. The van der Waals surface area contributed by atoms with Crippen LogP contribution in [-0.2, 0) is 16.0 Å². The van der Waals surface area contributed by atoms with E-state index in [-0.39, 0.29) is 5.43 Å². The Hall–Kier alpha value is -3.91.